The number of nitrogens with zero attached hydrogens (tertiary/aromatic N) is 4. The van der Waals surface area contributed by atoms with Crippen LogP contribution in [0.1, 0.15) is 37.7 Å². The van der Waals surface area contributed by atoms with E-state index in [1.807, 2.05) is 6.08 Å². The van der Waals surface area contributed by atoms with Gasteiger partial charge in [-0.1, -0.05) is 18.2 Å². The van der Waals surface area contributed by atoms with Gasteiger partial charge in [0.1, 0.15) is 28.6 Å². The fraction of sp³-hybridized carbons (Fsp3) is 0.345. The lowest BCUT2D eigenvalue weighted by molar-refractivity contribution is 0.0530. The SMILES string of the molecule is COc1nc2c3cnc(c(F)c3n1)-c1cc(O)cc3ccc(F)c(c13)/C=C\CCCOC1CCCCN2C1. The minimum Gasteiger partial charge on any atom is -0.508 e. The van der Waals surface area contributed by atoms with E-state index in [0.717, 1.165) is 32.2 Å². The van der Waals surface area contributed by atoms with Crippen LogP contribution in [-0.4, -0.2) is 53.0 Å². The third-order valence-electron chi connectivity index (χ3n) is 7.25. The smallest absolute Gasteiger partial charge is 0.318 e. The van der Waals surface area contributed by atoms with Gasteiger partial charge in [0, 0.05) is 42.4 Å². The summed E-state index contributed by atoms with van der Waals surface area (Å²) < 4.78 is 43.1. The van der Waals surface area contributed by atoms with E-state index in [2.05, 4.69) is 19.9 Å². The van der Waals surface area contributed by atoms with E-state index in [-0.39, 0.29) is 34.6 Å². The molecule has 7 rings (SSSR count). The Balaban J connectivity index is 1.65. The zero-order chi connectivity index (χ0) is 26.2. The summed E-state index contributed by atoms with van der Waals surface area (Å²) in [6.45, 7) is 1.92. The van der Waals surface area contributed by atoms with Crippen LogP contribution in [0.4, 0.5) is 14.6 Å². The molecule has 1 fully saturated rings. The number of phenols is 1. The van der Waals surface area contributed by atoms with E-state index in [1.165, 1.54) is 25.3 Å². The van der Waals surface area contributed by atoms with Crippen LogP contribution in [0, 0.1) is 11.6 Å². The van der Waals surface area contributed by atoms with Gasteiger partial charge in [-0.3, -0.25) is 4.98 Å². The van der Waals surface area contributed by atoms with E-state index in [0.29, 0.717) is 47.1 Å². The summed E-state index contributed by atoms with van der Waals surface area (Å²) in [5, 5.41) is 12.0. The van der Waals surface area contributed by atoms with Crippen LogP contribution < -0.4 is 9.64 Å². The lowest BCUT2D eigenvalue weighted by Gasteiger charge is -2.27. The first kappa shape index (κ1) is 24.5. The van der Waals surface area contributed by atoms with Gasteiger partial charge in [0.05, 0.1) is 18.6 Å². The zero-order valence-corrected chi connectivity index (χ0v) is 21.1. The van der Waals surface area contributed by atoms with E-state index in [9.17, 15) is 5.11 Å². The standard InChI is InChI=1S/C29H28F2N4O3/c1-37-29-33-27-22-15-32-26(25(27)31)21-14-18(36)13-17-9-10-23(30)20(24(17)21)8-3-2-6-12-38-19-7-4-5-11-35(16-19)28(22)34-29/h3,8-10,13-15,19,36H,2,4-7,11-12,16H2,1H3/b8-3-. The van der Waals surface area contributed by atoms with Gasteiger partial charge in [0.25, 0.3) is 0 Å². The average Bonchev–Trinajstić information content (AvgIpc) is 3.16. The molecule has 0 amide bonds. The van der Waals surface area contributed by atoms with Crippen molar-refractivity contribution in [1.29, 1.82) is 0 Å². The molecule has 2 aromatic carbocycles. The molecule has 3 aliphatic rings. The summed E-state index contributed by atoms with van der Waals surface area (Å²) >= 11 is 0. The molecule has 0 saturated carbocycles. The van der Waals surface area contributed by atoms with Crippen molar-refractivity contribution in [1.82, 2.24) is 15.0 Å². The van der Waals surface area contributed by atoms with E-state index >= 15 is 8.78 Å². The molecule has 1 N–H and O–H groups in total. The van der Waals surface area contributed by atoms with Crippen LogP contribution in [0.25, 0.3) is 39.0 Å². The number of hydrogen-bond donors (Lipinski definition) is 1. The number of allylic oxidation sites excluding steroid dienone is 1. The van der Waals surface area contributed by atoms with Crippen molar-refractivity contribution in [2.45, 2.75) is 38.2 Å². The summed E-state index contributed by atoms with van der Waals surface area (Å²) in [5.41, 5.74) is 0.600. The minimum atomic E-state index is -0.692. The first-order chi connectivity index (χ1) is 18.5. The quantitative estimate of drug-likeness (QED) is 0.330. The Bertz CT molecular complexity index is 1560. The van der Waals surface area contributed by atoms with E-state index < -0.39 is 11.6 Å². The summed E-state index contributed by atoms with van der Waals surface area (Å²) in [4.78, 5) is 15.5. The molecule has 38 heavy (non-hydrogen) atoms. The Hall–Kier alpha value is -3.85. The third-order valence-corrected chi connectivity index (χ3v) is 7.25. The Kier molecular flexibility index (Phi) is 6.53. The van der Waals surface area contributed by atoms with Crippen LogP contribution >= 0.6 is 0 Å². The second-order valence-electron chi connectivity index (χ2n) is 9.75. The van der Waals surface area contributed by atoms with Crippen LogP contribution in [0.3, 0.4) is 0 Å². The van der Waals surface area contributed by atoms with Crippen molar-refractivity contribution in [2.75, 3.05) is 31.7 Å². The monoisotopic (exact) mass is 518 g/mol. The first-order valence-corrected chi connectivity index (χ1v) is 12.9. The van der Waals surface area contributed by atoms with Crippen molar-refractivity contribution in [3.05, 3.63) is 53.7 Å². The maximum Gasteiger partial charge on any atom is 0.318 e. The topological polar surface area (TPSA) is 80.6 Å². The molecule has 1 atom stereocenters. The molecule has 4 aromatic rings. The fourth-order valence-corrected chi connectivity index (χ4v) is 5.43. The number of fused-ring (bicyclic) bond motifs is 5. The zero-order valence-electron chi connectivity index (χ0n) is 21.1. The largest absolute Gasteiger partial charge is 0.508 e. The Morgan fingerprint density at radius 2 is 2.03 bits per heavy atom. The van der Waals surface area contributed by atoms with Crippen LogP contribution in [-0.2, 0) is 4.74 Å². The predicted molar refractivity (Wildman–Crippen MR) is 142 cm³/mol. The van der Waals surface area contributed by atoms with Gasteiger partial charge in [-0.05, 0) is 55.7 Å². The number of hydrogen-bond acceptors (Lipinski definition) is 7. The molecule has 0 radical (unpaired) electrons. The van der Waals surface area contributed by atoms with Gasteiger partial charge in [-0.25, -0.2) is 8.78 Å². The molecule has 1 saturated heterocycles. The summed E-state index contributed by atoms with van der Waals surface area (Å²) in [6.07, 6.45) is 9.54. The highest BCUT2D eigenvalue weighted by atomic mass is 19.1. The van der Waals surface area contributed by atoms with Crippen LogP contribution in [0.2, 0.25) is 0 Å². The number of phenolic OH excluding ortho intramolecular Hbond substituents is 1. The summed E-state index contributed by atoms with van der Waals surface area (Å²) in [6, 6.07) is 5.91. The number of halogens is 2. The van der Waals surface area contributed by atoms with Gasteiger partial charge < -0.3 is 19.5 Å². The predicted octanol–water partition coefficient (Wildman–Crippen LogP) is 6.02. The molecule has 3 aliphatic heterocycles. The first-order valence-electron chi connectivity index (χ1n) is 12.9. The average molecular weight is 519 g/mol. The number of ether oxygens (including phenoxy) is 2. The highest BCUT2D eigenvalue weighted by Crippen LogP contribution is 2.39. The summed E-state index contributed by atoms with van der Waals surface area (Å²) in [7, 11) is 1.44. The number of anilines is 1. The molecule has 2 aromatic heterocycles. The Labute approximate surface area is 218 Å². The number of pyridine rings is 1. The molecule has 196 valence electrons. The van der Waals surface area contributed by atoms with Crippen molar-refractivity contribution in [3.63, 3.8) is 0 Å². The Morgan fingerprint density at radius 1 is 1.13 bits per heavy atom. The van der Waals surface area contributed by atoms with Crippen LogP contribution in [0.15, 0.2) is 36.5 Å². The summed E-state index contributed by atoms with van der Waals surface area (Å²) in [5.74, 6) is -0.670. The normalized spacial score (nSPS) is 19.0. The van der Waals surface area contributed by atoms with Crippen molar-refractivity contribution >= 4 is 33.6 Å². The number of aromatic hydroxyl groups is 1. The van der Waals surface area contributed by atoms with Gasteiger partial charge >= 0.3 is 6.01 Å². The lowest BCUT2D eigenvalue weighted by atomic mass is 9.95. The molecule has 0 spiro atoms. The van der Waals surface area contributed by atoms with Gasteiger partial charge in [-0.2, -0.15) is 9.97 Å². The van der Waals surface area contributed by atoms with E-state index in [1.54, 1.807) is 18.3 Å². The minimum absolute atomic E-state index is 0.00340. The highest BCUT2D eigenvalue weighted by molar-refractivity contribution is 6.04. The maximum absolute atomic E-state index is 16.4. The van der Waals surface area contributed by atoms with Gasteiger partial charge in [-0.15, -0.1) is 0 Å². The van der Waals surface area contributed by atoms with Crippen LogP contribution in [0.5, 0.6) is 11.8 Å². The maximum atomic E-state index is 16.4. The second kappa shape index (κ2) is 10.1. The molecular formula is C29H28F2N4O3. The van der Waals surface area contributed by atoms with Crippen molar-refractivity contribution in [2.24, 2.45) is 0 Å². The molecule has 6 bridgehead atoms. The second-order valence-corrected chi connectivity index (χ2v) is 9.75. The number of rotatable bonds is 1. The highest BCUT2D eigenvalue weighted by Gasteiger charge is 2.26. The van der Waals surface area contributed by atoms with Gasteiger partial charge in [0.15, 0.2) is 5.82 Å². The molecule has 7 nitrogen and oxygen atoms in total. The number of methoxy groups -OCH3 is 1. The fourth-order valence-electron chi connectivity index (χ4n) is 5.43. The van der Waals surface area contributed by atoms with Gasteiger partial charge in [0.2, 0.25) is 0 Å². The Morgan fingerprint density at radius 3 is 2.89 bits per heavy atom. The molecule has 0 aliphatic carbocycles. The van der Waals surface area contributed by atoms with E-state index in [4.69, 9.17) is 9.47 Å². The van der Waals surface area contributed by atoms with Crippen molar-refractivity contribution < 1.29 is 23.4 Å². The van der Waals surface area contributed by atoms with Crippen molar-refractivity contribution in [3.8, 4) is 23.0 Å². The molecule has 9 heteroatoms. The number of benzene rings is 2. The molecule has 5 heterocycles. The number of aromatic nitrogens is 3. The third kappa shape index (κ3) is 4.41. The molecule has 1 unspecified atom stereocenters. The lowest BCUT2D eigenvalue weighted by Crippen LogP contribution is -2.33. The molecular weight excluding hydrogens is 490 g/mol.